The monoisotopic (exact) mass is 386 g/mol. The Hall–Kier alpha value is -3.34. The number of carbonyl (C=O) groups is 2. The van der Waals surface area contributed by atoms with Crippen LogP contribution in [0, 0.1) is 11.8 Å². The fourth-order valence-corrected chi connectivity index (χ4v) is 5.23. The van der Waals surface area contributed by atoms with Crippen molar-refractivity contribution in [3.8, 4) is 0 Å². The zero-order valence-corrected chi connectivity index (χ0v) is 16.1. The van der Waals surface area contributed by atoms with E-state index in [1.807, 2.05) is 42.6 Å². The molecule has 146 valence electrons. The molecule has 5 rings (SSSR count). The first-order chi connectivity index (χ1) is 14.1. The van der Waals surface area contributed by atoms with Gasteiger partial charge in [0.05, 0.1) is 7.11 Å². The van der Waals surface area contributed by atoms with Gasteiger partial charge >= 0.3 is 5.97 Å². The van der Waals surface area contributed by atoms with Crippen LogP contribution in [0.5, 0.6) is 0 Å². The van der Waals surface area contributed by atoms with E-state index in [-0.39, 0.29) is 23.7 Å². The average Bonchev–Trinajstić information content (AvgIpc) is 3.48. The van der Waals surface area contributed by atoms with Crippen molar-refractivity contribution in [1.29, 1.82) is 0 Å². The SMILES string of the molecule is COC(=O)[C@@]1(NC(=O)c2ccccc2)C2C=CC(C2)[C@@H]1c1c[nH]c2ccccc12. The van der Waals surface area contributed by atoms with E-state index < -0.39 is 11.5 Å². The highest BCUT2D eigenvalue weighted by molar-refractivity contribution is 6.00. The molecule has 1 fully saturated rings. The van der Waals surface area contributed by atoms with Crippen molar-refractivity contribution in [3.05, 3.63) is 84.1 Å². The second-order valence-electron chi connectivity index (χ2n) is 7.84. The number of esters is 1. The lowest BCUT2D eigenvalue weighted by molar-refractivity contribution is -0.150. The molecule has 2 aliphatic rings. The first kappa shape index (κ1) is 17.7. The third-order valence-electron chi connectivity index (χ3n) is 6.46. The highest BCUT2D eigenvalue weighted by atomic mass is 16.5. The maximum absolute atomic E-state index is 13.3. The lowest BCUT2D eigenvalue weighted by atomic mass is 9.71. The second-order valence-corrected chi connectivity index (χ2v) is 7.84. The Balaban J connectivity index is 1.65. The molecule has 4 atom stereocenters. The number of benzene rings is 2. The number of para-hydroxylation sites is 1. The Bertz CT molecular complexity index is 1120. The fourth-order valence-electron chi connectivity index (χ4n) is 5.23. The number of nitrogens with one attached hydrogen (secondary N) is 2. The molecule has 2 unspecified atom stereocenters. The van der Waals surface area contributed by atoms with Crippen LogP contribution < -0.4 is 5.32 Å². The molecule has 1 aromatic heterocycles. The van der Waals surface area contributed by atoms with E-state index in [1.165, 1.54) is 7.11 Å². The van der Waals surface area contributed by atoms with Crippen LogP contribution in [0.2, 0.25) is 0 Å². The summed E-state index contributed by atoms with van der Waals surface area (Å²) in [4.78, 5) is 29.7. The highest BCUT2D eigenvalue weighted by Crippen LogP contribution is 2.57. The molecule has 2 bridgehead atoms. The molecule has 1 saturated carbocycles. The van der Waals surface area contributed by atoms with Gasteiger partial charge in [-0.25, -0.2) is 4.79 Å². The molecule has 0 saturated heterocycles. The van der Waals surface area contributed by atoms with Crippen molar-refractivity contribution < 1.29 is 14.3 Å². The van der Waals surface area contributed by atoms with Crippen LogP contribution in [-0.2, 0) is 9.53 Å². The standard InChI is InChI=1S/C24H22N2O3/c1-29-23(28)24(26-22(27)15-7-3-2-4-8-15)17-12-11-16(13-17)21(24)19-14-25-20-10-6-5-9-18(19)20/h2-12,14,16-17,21,25H,13H2,1H3,(H,26,27)/t16?,17?,21-,24-/m1/s1. The summed E-state index contributed by atoms with van der Waals surface area (Å²) in [5.74, 6) is -0.801. The number of allylic oxidation sites excluding steroid dienone is 1. The summed E-state index contributed by atoms with van der Waals surface area (Å²) >= 11 is 0. The van der Waals surface area contributed by atoms with Gasteiger partial charge in [0.15, 0.2) is 5.54 Å². The van der Waals surface area contributed by atoms with Crippen LogP contribution in [0.25, 0.3) is 10.9 Å². The molecule has 2 aliphatic carbocycles. The molecule has 1 amide bonds. The summed E-state index contributed by atoms with van der Waals surface area (Å²) in [5.41, 5.74) is 1.45. The van der Waals surface area contributed by atoms with Crippen molar-refractivity contribution in [2.75, 3.05) is 7.11 Å². The Labute approximate surface area is 168 Å². The molecule has 1 heterocycles. The molecule has 3 aromatic rings. The van der Waals surface area contributed by atoms with E-state index in [2.05, 4.69) is 28.5 Å². The highest BCUT2D eigenvalue weighted by Gasteiger charge is 2.63. The molecule has 2 N–H and O–H groups in total. The average molecular weight is 386 g/mol. The smallest absolute Gasteiger partial charge is 0.332 e. The van der Waals surface area contributed by atoms with E-state index in [0.717, 1.165) is 22.9 Å². The molecule has 0 radical (unpaired) electrons. The van der Waals surface area contributed by atoms with Crippen molar-refractivity contribution >= 4 is 22.8 Å². The lowest BCUT2D eigenvalue weighted by Crippen LogP contribution is -2.61. The van der Waals surface area contributed by atoms with Gasteiger partial charge in [0.25, 0.3) is 5.91 Å². The molecule has 5 heteroatoms. The Morgan fingerprint density at radius 3 is 2.62 bits per heavy atom. The van der Waals surface area contributed by atoms with Crippen LogP contribution in [0.1, 0.15) is 28.3 Å². The first-order valence-electron chi connectivity index (χ1n) is 9.85. The number of aromatic amines is 1. The third-order valence-corrected chi connectivity index (χ3v) is 6.46. The number of aromatic nitrogens is 1. The summed E-state index contributed by atoms with van der Waals surface area (Å²) in [5, 5.41) is 4.19. The van der Waals surface area contributed by atoms with Gasteiger partial charge in [0.2, 0.25) is 0 Å². The lowest BCUT2D eigenvalue weighted by Gasteiger charge is -2.40. The van der Waals surface area contributed by atoms with E-state index in [0.29, 0.717) is 5.56 Å². The van der Waals surface area contributed by atoms with Crippen molar-refractivity contribution in [2.45, 2.75) is 17.9 Å². The number of H-pyrrole nitrogens is 1. The summed E-state index contributed by atoms with van der Waals surface area (Å²) < 4.78 is 5.27. The van der Waals surface area contributed by atoms with Crippen molar-refractivity contribution in [3.63, 3.8) is 0 Å². The first-order valence-corrected chi connectivity index (χ1v) is 9.85. The Kier molecular flexibility index (Phi) is 4.05. The third kappa shape index (κ3) is 2.54. The zero-order valence-electron chi connectivity index (χ0n) is 16.1. The number of ether oxygens (including phenoxy) is 1. The van der Waals surface area contributed by atoms with E-state index in [9.17, 15) is 9.59 Å². The van der Waals surface area contributed by atoms with E-state index >= 15 is 0 Å². The number of rotatable bonds is 4. The molecule has 5 nitrogen and oxygen atoms in total. The van der Waals surface area contributed by atoms with Crippen LogP contribution in [0.3, 0.4) is 0 Å². The molecule has 29 heavy (non-hydrogen) atoms. The molecular weight excluding hydrogens is 364 g/mol. The summed E-state index contributed by atoms with van der Waals surface area (Å²) in [6.07, 6.45) is 7.01. The summed E-state index contributed by atoms with van der Waals surface area (Å²) in [6.45, 7) is 0. The minimum Gasteiger partial charge on any atom is -0.467 e. The van der Waals surface area contributed by atoms with Gasteiger partial charge < -0.3 is 15.0 Å². The van der Waals surface area contributed by atoms with E-state index in [1.54, 1.807) is 12.1 Å². The minimum atomic E-state index is -1.13. The molecule has 0 spiro atoms. The van der Waals surface area contributed by atoms with Crippen molar-refractivity contribution in [1.82, 2.24) is 10.3 Å². The zero-order chi connectivity index (χ0) is 20.0. The number of methoxy groups -OCH3 is 1. The summed E-state index contributed by atoms with van der Waals surface area (Å²) in [6, 6.07) is 17.0. The van der Waals surface area contributed by atoms with Crippen molar-refractivity contribution in [2.24, 2.45) is 11.8 Å². The normalized spacial score (nSPS) is 27.3. The van der Waals surface area contributed by atoms with Gasteiger partial charge in [0, 0.05) is 34.5 Å². The number of amides is 1. The maximum Gasteiger partial charge on any atom is 0.332 e. The topological polar surface area (TPSA) is 71.2 Å². The van der Waals surface area contributed by atoms with Crippen LogP contribution in [0.15, 0.2) is 72.9 Å². The largest absolute Gasteiger partial charge is 0.467 e. The number of hydrogen-bond acceptors (Lipinski definition) is 3. The summed E-state index contributed by atoms with van der Waals surface area (Å²) in [7, 11) is 1.39. The van der Waals surface area contributed by atoms with Gasteiger partial charge in [-0.05, 0) is 36.1 Å². The Morgan fingerprint density at radius 2 is 1.83 bits per heavy atom. The molecule has 0 aliphatic heterocycles. The number of carbonyl (C=O) groups excluding carboxylic acids is 2. The van der Waals surface area contributed by atoms with Gasteiger partial charge in [-0.2, -0.15) is 0 Å². The number of hydrogen-bond donors (Lipinski definition) is 2. The maximum atomic E-state index is 13.3. The van der Waals surface area contributed by atoms with Gasteiger partial charge in [-0.1, -0.05) is 48.6 Å². The van der Waals surface area contributed by atoms with Crippen LogP contribution in [0.4, 0.5) is 0 Å². The van der Waals surface area contributed by atoms with Gasteiger partial charge in [0.1, 0.15) is 0 Å². The minimum absolute atomic E-state index is 0.105. The van der Waals surface area contributed by atoms with Gasteiger partial charge in [-0.15, -0.1) is 0 Å². The predicted octanol–water partition coefficient (Wildman–Crippen LogP) is 3.80. The molecular formula is C24H22N2O3. The second kappa shape index (κ2) is 6.62. The van der Waals surface area contributed by atoms with Crippen LogP contribution >= 0.6 is 0 Å². The van der Waals surface area contributed by atoms with E-state index in [4.69, 9.17) is 4.74 Å². The predicted molar refractivity (Wildman–Crippen MR) is 110 cm³/mol. The fraction of sp³-hybridized carbons (Fsp3) is 0.250. The van der Waals surface area contributed by atoms with Gasteiger partial charge in [-0.3, -0.25) is 4.79 Å². The quantitative estimate of drug-likeness (QED) is 0.529. The molecule has 2 aromatic carbocycles. The Morgan fingerprint density at radius 1 is 1.07 bits per heavy atom. The number of fused-ring (bicyclic) bond motifs is 3. The van der Waals surface area contributed by atoms with Crippen LogP contribution in [-0.4, -0.2) is 29.5 Å².